The number of nitrogens with one attached hydrogen (secondary N) is 1. The number of benzene rings is 1. The van der Waals surface area contributed by atoms with Crippen LogP contribution in [0.1, 0.15) is 32.9 Å². The molecule has 0 fully saturated rings. The van der Waals surface area contributed by atoms with Gasteiger partial charge in [-0.1, -0.05) is 23.5 Å². The third-order valence-corrected chi connectivity index (χ3v) is 5.61. The molecule has 3 aromatic heterocycles. The third-order valence-electron chi connectivity index (χ3n) is 4.50. The first-order valence-electron chi connectivity index (χ1n) is 8.34. The zero-order chi connectivity index (χ0) is 18.6. The number of aromatic nitrogens is 4. The SMILES string of the molecule is Cc1cc(C(=O)Nc2nc3c(C)ccc(C)c3s2)c2c(C)nn(C)c2n1. The summed E-state index contributed by atoms with van der Waals surface area (Å²) in [6.07, 6.45) is 0. The number of amides is 1. The lowest BCUT2D eigenvalue weighted by molar-refractivity contribution is 0.102. The molecular formula is C19H19N5OS. The van der Waals surface area contributed by atoms with Gasteiger partial charge in [-0.25, -0.2) is 9.97 Å². The average molecular weight is 365 g/mol. The summed E-state index contributed by atoms with van der Waals surface area (Å²) in [5.74, 6) is -0.189. The Morgan fingerprint density at radius 2 is 1.85 bits per heavy atom. The summed E-state index contributed by atoms with van der Waals surface area (Å²) >= 11 is 1.50. The standard InChI is InChI=1S/C19H19N5OS/c1-9-6-7-10(2)16-15(9)21-19(26-16)22-18(25)13-8-11(3)20-17-14(13)12(4)23-24(17)5/h6-8H,1-5H3,(H,21,22,25). The molecule has 4 rings (SSSR count). The Bertz CT molecular complexity index is 1150. The van der Waals surface area contributed by atoms with Crippen LogP contribution >= 0.6 is 11.3 Å². The summed E-state index contributed by atoms with van der Waals surface area (Å²) in [5.41, 5.74) is 6.06. The highest BCUT2D eigenvalue weighted by Crippen LogP contribution is 2.31. The molecule has 4 aromatic rings. The topological polar surface area (TPSA) is 72.7 Å². The predicted octanol–water partition coefficient (Wildman–Crippen LogP) is 4.06. The molecule has 0 radical (unpaired) electrons. The fraction of sp³-hybridized carbons (Fsp3) is 0.263. The zero-order valence-corrected chi connectivity index (χ0v) is 16.2. The normalized spacial score (nSPS) is 11.4. The summed E-state index contributed by atoms with van der Waals surface area (Å²) in [6, 6.07) is 5.93. The van der Waals surface area contributed by atoms with Gasteiger partial charge in [0.25, 0.3) is 5.91 Å². The molecule has 0 aliphatic heterocycles. The molecule has 132 valence electrons. The number of hydrogen-bond donors (Lipinski definition) is 1. The van der Waals surface area contributed by atoms with Crippen LogP contribution in [0.2, 0.25) is 0 Å². The average Bonchev–Trinajstić information content (AvgIpc) is 3.13. The maximum absolute atomic E-state index is 13.0. The molecule has 0 bridgehead atoms. The van der Waals surface area contributed by atoms with E-state index in [9.17, 15) is 4.79 Å². The first kappa shape index (κ1) is 16.7. The predicted molar refractivity (Wildman–Crippen MR) is 105 cm³/mol. The summed E-state index contributed by atoms with van der Waals surface area (Å²) in [5, 5.41) is 8.75. The van der Waals surface area contributed by atoms with Gasteiger partial charge < -0.3 is 0 Å². The summed E-state index contributed by atoms with van der Waals surface area (Å²) < 4.78 is 2.81. The van der Waals surface area contributed by atoms with Gasteiger partial charge in [0, 0.05) is 12.7 Å². The minimum atomic E-state index is -0.189. The molecular weight excluding hydrogens is 346 g/mol. The van der Waals surface area contributed by atoms with Crippen molar-refractivity contribution in [2.24, 2.45) is 7.05 Å². The van der Waals surface area contributed by atoms with Crippen molar-refractivity contribution in [1.29, 1.82) is 0 Å². The largest absolute Gasteiger partial charge is 0.298 e. The number of carbonyl (C=O) groups is 1. The zero-order valence-electron chi connectivity index (χ0n) is 15.3. The Morgan fingerprint density at radius 1 is 1.12 bits per heavy atom. The number of rotatable bonds is 2. The van der Waals surface area contributed by atoms with Crippen molar-refractivity contribution >= 4 is 43.6 Å². The van der Waals surface area contributed by atoms with E-state index in [2.05, 4.69) is 39.4 Å². The summed E-state index contributed by atoms with van der Waals surface area (Å²) in [7, 11) is 1.84. The number of thiazole rings is 1. The van der Waals surface area contributed by atoms with Crippen molar-refractivity contribution in [3.05, 3.63) is 46.3 Å². The van der Waals surface area contributed by atoms with Crippen LogP contribution in [-0.4, -0.2) is 25.7 Å². The van der Waals surface area contributed by atoms with E-state index >= 15 is 0 Å². The van der Waals surface area contributed by atoms with Gasteiger partial charge in [-0.2, -0.15) is 5.10 Å². The highest BCUT2D eigenvalue weighted by atomic mass is 32.1. The first-order valence-corrected chi connectivity index (χ1v) is 9.16. The number of anilines is 1. The quantitative estimate of drug-likeness (QED) is 0.581. The second-order valence-electron chi connectivity index (χ2n) is 6.57. The van der Waals surface area contributed by atoms with E-state index in [0.29, 0.717) is 16.3 Å². The van der Waals surface area contributed by atoms with Gasteiger partial charge in [-0.3, -0.25) is 14.8 Å². The van der Waals surface area contributed by atoms with Crippen molar-refractivity contribution < 1.29 is 4.79 Å². The maximum atomic E-state index is 13.0. The molecule has 0 unspecified atom stereocenters. The van der Waals surface area contributed by atoms with Gasteiger partial charge in [-0.05, 0) is 44.9 Å². The van der Waals surface area contributed by atoms with Crippen LogP contribution in [0.4, 0.5) is 5.13 Å². The van der Waals surface area contributed by atoms with Gasteiger partial charge in [0.05, 0.1) is 26.9 Å². The molecule has 1 amide bonds. The van der Waals surface area contributed by atoms with Crippen LogP contribution < -0.4 is 5.32 Å². The van der Waals surface area contributed by atoms with Gasteiger partial charge in [0.2, 0.25) is 0 Å². The lowest BCUT2D eigenvalue weighted by Gasteiger charge is -2.05. The fourth-order valence-corrected chi connectivity index (χ4v) is 4.23. The number of fused-ring (bicyclic) bond motifs is 2. The Kier molecular flexibility index (Phi) is 3.77. The first-order chi connectivity index (χ1) is 12.3. The van der Waals surface area contributed by atoms with Crippen molar-refractivity contribution in [3.63, 3.8) is 0 Å². The number of aryl methyl sites for hydroxylation is 5. The number of nitrogens with zero attached hydrogens (tertiary/aromatic N) is 4. The second-order valence-corrected chi connectivity index (χ2v) is 7.57. The van der Waals surface area contributed by atoms with Crippen molar-refractivity contribution in [1.82, 2.24) is 19.7 Å². The molecule has 0 saturated heterocycles. The lowest BCUT2D eigenvalue weighted by Crippen LogP contribution is -2.13. The minimum absolute atomic E-state index is 0.189. The number of pyridine rings is 1. The molecule has 1 N–H and O–H groups in total. The molecule has 0 aliphatic carbocycles. The highest BCUT2D eigenvalue weighted by Gasteiger charge is 2.19. The number of hydrogen-bond acceptors (Lipinski definition) is 5. The maximum Gasteiger partial charge on any atom is 0.258 e. The molecule has 26 heavy (non-hydrogen) atoms. The van der Waals surface area contributed by atoms with Crippen LogP contribution in [0.5, 0.6) is 0 Å². The van der Waals surface area contributed by atoms with Crippen LogP contribution in [0.15, 0.2) is 18.2 Å². The van der Waals surface area contributed by atoms with Crippen LogP contribution in [0.25, 0.3) is 21.3 Å². The second kappa shape index (κ2) is 5.88. The smallest absolute Gasteiger partial charge is 0.258 e. The lowest BCUT2D eigenvalue weighted by atomic mass is 10.1. The fourth-order valence-electron chi connectivity index (χ4n) is 3.23. The van der Waals surface area contributed by atoms with Crippen LogP contribution in [-0.2, 0) is 7.05 Å². The molecule has 0 atom stereocenters. The van der Waals surface area contributed by atoms with Crippen molar-refractivity contribution in [2.45, 2.75) is 27.7 Å². The molecule has 0 saturated carbocycles. The van der Waals surface area contributed by atoms with Crippen LogP contribution in [0.3, 0.4) is 0 Å². The summed E-state index contributed by atoms with van der Waals surface area (Å²) in [6.45, 7) is 7.85. The van der Waals surface area contributed by atoms with E-state index in [1.165, 1.54) is 11.3 Å². The third kappa shape index (κ3) is 2.55. The Balaban J connectivity index is 1.79. The monoisotopic (exact) mass is 365 g/mol. The van der Waals surface area contributed by atoms with E-state index in [1.54, 1.807) is 10.7 Å². The van der Waals surface area contributed by atoms with E-state index in [1.807, 2.05) is 27.8 Å². The molecule has 1 aromatic carbocycles. The Morgan fingerprint density at radius 3 is 2.58 bits per heavy atom. The van der Waals surface area contributed by atoms with E-state index < -0.39 is 0 Å². The van der Waals surface area contributed by atoms with E-state index in [-0.39, 0.29) is 5.91 Å². The van der Waals surface area contributed by atoms with E-state index in [0.717, 1.165) is 38.1 Å². The highest BCUT2D eigenvalue weighted by molar-refractivity contribution is 7.22. The Hall–Kier alpha value is -2.80. The molecule has 6 nitrogen and oxygen atoms in total. The minimum Gasteiger partial charge on any atom is -0.298 e. The molecule has 0 spiro atoms. The molecule has 3 heterocycles. The van der Waals surface area contributed by atoms with Crippen LogP contribution in [0, 0.1) is 27.7 Å². The number of carbonyl (C=O) groups excluding carboxylic acids is 1. The van der Waals surface area contributed by atoms with E-state index in [4.69, 9.17) is 0 Å². The van der Waals surface area contributed by atoms with Gasteiger partial charge in [-0.15, -0.1) is 0 Å². The van der Waals surface area contributed by atoms with Crippen molar-refractivity contribution in [2.75, 3.05) is 5.32 Å². The van der Waals surface area contributed by atoms with Crippen molar-refractivity contribution in [3.8, 4) is 0 Å². The van der Waals surface area contributed by atoms with Gasteiger partial charge >= 0.3 is 0 Å². The van der Waals surface area contributed by atoms with Gasteiger partial charge in [0.15, 0.2) is 10.8 Å². The van der Waals surface area contributed by atoms with Gasteiger partial charge in [0.1, 0.15) is 0 Å². The summed E-state index contributed by atoms with van der Waals surface area (Å²) in [4.78, 5) is 22.1. The molecule has 0 aliphatic rings. The Labute approximate surface area is 154 Å². The molecule has 7 heteroatoms.